The summed E-state index contributed by atoms with van der Waals surface area (Å²) in [4.78, 5) is 28.3. The van der Waals surface area contributed by atoms with E-state index in [2.05, 4.69) is 15.3 Å². The van der Waals surface area contributed by atoms with Gasteiger partial charge in [-0.1, -0.05) is 0 Å². The summed E-state index contributed by atoms with van der Waals surface area (Å²) in [5, 5.41) is 15.7. The zero-order chi connectivity index (χ0) is 13.0. The predicted octanol–water partition coefficient (Wildman–Crippen LogP) is 0.947. The number of hydrogen-bond acceptors (Lipinski definition) is 5. The molecule has 0 aliphatic rings. The fourth-order valence-corrected chi connectivity index (χ4v) is 2.97. The third-order valence-electron chi connectivity index (χ3n) is 2.88. The van der Waals surface area contributed by atoms with Gasteiger partial charge < -0.3 is 5.11 Å². The van der Waals surface area contributed by atoms with Gasteiger partial charge in [0, 0.05) is 4.88 Å². The fraction of sp³-hybridized carbons (Fsp3) is 0.200. The summed E-state index contributed by atoms with van der Waals surface area (Å²) < 4.78 is 1.44. The van der Waals surface area contributed by atoms with Crippen molar-refractivity contribution in [1.82, 2.24) is 19.8 Å². The Bertz CT molecular complexity index is 857. The van der Waals surface area contributed by atoms with Crippen LogP contribution in [0.25, 0.3) is 15.9 Å². The topological polar surface area (TPSA) is 100 Å². The summed E-state index contributed by atoms with van der Waals surface area (Å²) in [6, 6.07) is 0. The smallest absolute Gasteiger partial charge is 0.360 e. The van der Waals surface area contributed by atoms with Gasteiger partial charge in [0.25, 0.3) is 5.56 Å². The second-order valence-electron chi connectivity index (χ2n) is 3.90. The van der Waals surface area contributed by atoms with Gasteiger partial charge in [-0.25, -0.2) is 14.5 Å². The van der Waals surface area contributed by atoms with Crippen LogP contribution in [0.5, 0.6) is 0 Å². The lowest BCUT2D eigenvalue weighted by Gasteiger charge is -1.94. The molecule has 0 fully saturated rings. The first-order chi connectivity index (χ1) is 8.50. The highest BCUT2D eigenvalue weighted by Gasteiger charge is 2.19. The Balaban J connectivity index is 2.60. The molecule has 0 saturated carbocycles. The first-order valence-corrected chi connectivity index (χ1v) is 5.92. The number of aromatic carboxylic acids is 1. The van der Waals surface area contributed by atoms with Crippen LogP contribution >= 0.6 is 11.3 Å². The number of carboxylic acids is 1. The van der Waals surface area contributed by atoms with Crippen molar-refractivity contribution in [2.45, 2.75) is 13.8 Å². The van der Waals surface area contributed by atoms with E-state index in [0.717, 1.165) is 10.4 Å². The van der Waals surface area contributed by atoms with Gasteiger partial charge in [0.2, 0.25) is 5.69 Å². The summed E-state index contributed by atoms with van der Waals surface area (Å²) in [7, 11) is 0. The number of hydrogen-bond donors (Lipinski definition) is 2. The summed E-state index contributed by atoms with van der Waals surface area (Å²) in [6.45, 7) is 3.75. The predicted molar refractivity (Wildman–Crippen MR) is 65.4 cm³/mol. The van der Waals surface area contributed by atoms with Gasteiger partial charge >= 0.3 is 5.97 Å². The quantitative estimate of drug-likeness (QED) is 0.681. The molecule has 0 saturated heterocycles. The Hall–Kier alpha value is -2.22. The third-order valence-corrected chi connectivity index (χ3v) is 4.07. The Morgan fingerprint density at radius 3 is 2.83 bits per heavy atom. The SMILES string of the molecule is Cc1sc2c(c1C)c(=O)nc1c(C(=O)O)n[nH]n12. The van der Waals surface area contributed by atoms with Crippen molar-refractivity contribution in [3.8, 4) is 0 Å². The molecule has 7 nitrogen and oxygen atoms in total. The normalized spacial score (nSPS) is 11.4. The molecule has 2 N–H and O–H groups in total. The number of aromatic amines is 1. The number of rotatable bonds is 1. The minimum absolute atomic E-state index is 0.0428. The number of nitrogens with zero attached hydrogens (tertiary/aromatic N) is 3. The van der Waals surface area contributed by atoms with Crippen molar-refractivity contribution in [3.63, 3.8) is 0 Å². The molecule has 92 valence electrons. The average molecular weight is 264 g/mol. The molecular formula is C10H8N4O3S. The van der Waals surface area contributed by atoms with E-state index in [9.17, 15) is 9.59 Å². The van der Waals surface area contributed by atoms with Crippen LogP contribution in [-0.2, 0) is 0 Å². The van der Waals surface area contributed by atoms with E-state index in [1.807, 2.05) is 13.8 Å². The molecule has 0 atom stereocenters. The Morgan fingerprint density at radius 2 is 2.17 bits per heavy atom. The monoisotopic (exact) mass is 264 g/mol. The molecule has 3 aromatic rings. The second-order valence-corrected chi connectivity index (χ2v) is 5.11. The summed E-state index contributed by atoms with van der Waals surface area (Å²) >= 11 is 1.41. The third kappa shape index (κ3) is 1.23. The van der Waals surface area contributed by atoms with Gasteiger partial charge in [0.15, 0.2) is 5.65 Å². The molecule has 3 rings (SSSR count). The lowest BCUT2D eigenvalue weighted by molar-refractivity contribution is 0.0692. The molecule has 0 bridgehead atoms. The van der Waals surface area contributed by atoms with Crippen molar-refractivity contribution < 1.29 is 9.90 Å². The maximum absolute atomic E-state index is 11.9. The van der Waals surface area contributed by atoms with Gasteiger partial charge in [-0.15, -0.1) is 16.4 Å². The van der Waals surface area contributed by atoms with E-state index in [1.165, 1.54) is 15.9 Å². The molecule has 0 unspecified atom stereocenters. The number of aromatic nitrogens is 4. The number of fused-ring (bicyclic) bond motifs is 3. The van der Waals surface area contributed by atoms with Crippen LogP contribution in [0, 0.1) is 13.8 Å². The van der Waals surface area contributed by atoms with E-state index < -0.39 is 11.5 Å². The maximum atomic E-state index is 11.9. The number of nitrogens with one attached hydrogen (secondary N) is 1. The molecular weight excluding hydrogens is 256 g/mol. The van der Waals surface area contributed by atoms with E-state index >= 15 is 0 Å². The molecule has 3 heterocycles. The molecule has 0 aromatic carbocycles. The van der Waals surface area contributed by atoms with E-state index in [-0.39, 0.29) is 11.3 Å². The van der Waals surface area contributed by atoms with Gasteiger partial charge in [0.1, 0.15) is 4.83 Å². The Morgan fingerprint density at radius 1 is 1.44 bits per heavy atom. The minimum Gasteiger partial charge on any atom is -0.476 e. The standard InChI is InChI=1S/C10H8N4O3S/c1-3-4(2)18-9-5(3)8(15)11-7-6(10(16)17)12-13-14(7)9/h13H,1-2H3,(H,16,17). The fourth-order valence-electron chi connectivity index (χ4n) is 1.86. The van der Waals surface area contributed by atoms with E-state index in [1.54, 1.807) is 0 Å². The molecule has 0 aliphatic heterocycles. The highest BCUT2D eigenvalue weighted by Crippen LogP contribution is 2.27. The molecule has 0 aliphatic carbocycles. The lowest BCUT2D eigenvalue weighted by Crippen LogP contribution is -2.11. The number of H-pyrrole nitrogens is 1. The van der Waals surface area contributed by atoms with Crippen molar-refractivity contribution in [2.24, 2.45) is 0 Å². The van der Waals surface area contributed by atoms with Gasteiger partial charge in [-0.3, -0.25) is 4.79 Å². The van der Waals surface area contributed by atoms with Crippen LogP contribution < -0.4 is 5.56 Å². The first kappa shape index (κ1) is 10.9. The van der Waals surface area contributed by atoms with Crippen LogP contribution in [0.15, 0.2) is 4.79 Å². The van der Waals surface area contributed by atoms with E-state index in [4.69, 9.17) is 5.11 Å². The second kappa shape index (κ2) is 3.39. The number of thiophene rings is 1. The first-order valence-electron chi connectivity index (χ1n) is 5.11. The van der Waals surface area contributed by atoms with Crippen LogP contribution in [0.1, 0.15) is 20.9 Å². The zero-order valence-corrected chi connectivity index (χ0v) is 10.3. The minimum atomic E-state index is -1.22. The molecule has 8 heteroatoms. The Kier molecular flexibility index (Phi) is 2.05. The van der Waals surface area contributed by atoms with Crippen molar-refractivity contribution >= 4 is 33.2 Å². The Labute approximate surface area is 104 Å². The molecule has 0 amide bonds. The van der Waals surface area contributed by atoms with Crippen molar-refractivity contribution in [1.29, 1.82) is 0 Å². The molecule has 0 radical (unpaired) electrons. The van der Waals surface area contributed by atoms with Gasteiger partial charge in [0.05, 0.1) is 5.39 Å². The highest BCUT2D eigenvalue weighted by molar-refractivity contribution is 7.18. The van der Waals surface area contributed by atoms with Gasteiger partial charge in [-0.05, 0) is 19.4 Å². The average Bonchev–Trinajstić information content (AvgIpc) is 2.82. The number of carbonyl (C=O) groups is 1. The number of carboxylic acid groups (broad SMARTS) is 1. The van der Waals surface area contributed by atoms with Crippen LogP contribution in [0.3, 0.4) is 0 Å². The van der Waals surface area contributed by atoms with Crippen molar-refractivity contribution in [3.05, 3.63) is 26.5 Å². The largest absolute Gasteiger partial charge is 0.476 e. The number of aryl methyl sites for hydroxylation is 2. The zero-order valence-electron chi connectivity index (χ0n) is 9.51. The lowest BCUT2D eigenvalue weighted by atomic mass is 10.2. The van der Waals surface area contributed by atoms with Crippen LogP contribution in [0.4, 0.5) is 0 Å². The maximum Gasteiger partial charge on any atom is 0.360 e. The van der Waals surface area contributed by atoms with Gasteiger partial charge in [-0.2, -0.15) is 4.98 Å². The van der Waals surface area contributed by atoms with Crippen molar-refractivity contribution in [2.75, 3.05) is 0 Å². The molecule has 0 spiro atoms. The molecule has 3 aromatic heterocycles. The van der Waals surface area contributed by atoms with E-state index in [0.29, 0.717) is 10.2 Å². The summed E-state index contributed by atoms with van der Waals surface area (Å²) in [5.74, 6) is -1.22. The van der Waals surface area contributed by atoms with Crippen LogP contribution in [-0.4, -0.2) is 30.9 Å². The summed E-state index contributed by atoms with van der Waals surface area (Å²) in [6.07, 6.45) is 0. The van der Waals surface area contributed by atoms with Crippen LogP contribution in [0.2, 0.25) is 0 Å². The summed E-state index contributed by atoms with van der Waals surface area (Å²) in [5.41, 5.74) is 0.239. The highest BCUT2D eigenvalue weighted by atomic mass is 32.1. The molecule has 18 heavy (non-hydrogen) atoms.